The largest absolute Gasteiger partial charge is 0.469 e. The summed E-state index contributed by atoms with van der Waals surface area (Å²) >= 11 is 0. The number of hydrogen-bond acceptors (Lipinski definition) is 7. The molecule has 314 valence electrons. The van der Waals surface area contributed by atoms with Gasteiger partial charge < -0.3 is 24.4 Å². The zero-order valence-electron chi connectivity index (χ0n) is 34.2. The number of carbonyl (C=O) groups is 2. The Labute approximate surface area is 334 Å². The quantitative estimate of drug-likeness (QED) is 0.0184. The van der Waals surface area contributed by atoms with E-state index in [2.05, 4.69) is 79.1 Å². The highest BCUT2D eigenvalue weighted by Crippen LogP contribution is 2.36. The van der Waals surface area contributed by atoms with Gasteiger partial charge in [-0.25, -0.2) is 4.57 Å². The fraction of sp³-hybridized carbons (Fsp3) is 0.644. The first-order valence-corrected chi connectivity index (χ1v) is 22.5. The first-order valence-electron chi connectivity index (χ1n) is 21.0. The highest BCUT2D eigenvalue weighted by atomic mass is 31.2. The minimum absolute atomic E-state index is 0.0856. The van der Waals surface area contributed by atoms with Gasteiger partial charge in [0.1, 0.15) is 6.61 Å². The second-order valence-electron chi connectivity index (χ2n) is 13.8. The highest BCUT2D eigenvalue weighted by molar-refractivity contribution is 7.46. The van der Waals surface area contributed by atoms with Gasteiger partial charge in [-0.2, -0.15) is 0 Å². The van der Waals surface area contributed by atoms with Gasteiger partial charge >= 0.3 is 19.8 Å². The Morgan fingerprint density at radius 1 is 0.582 bits per heavy atom. The number of phosphoric ester groups is 1. The van der Waals surface area contributed by atoms with E-state index in [0.29, 0.717) is 6.42 Å². The summed E-state index contributed by atoms with van der Waals surface area (Å²) in [6.07, 6.45) is 49.2. The van der Waals surface area contributed by atoms with Gasteiger partial charge in [-0.3, -0.25) is 14.1 Å². The Hall–Kier alpha value is -2.81. The lowest BCUT2D eigenvalue weighted by molar-refractivity contribution is -0.161. The minimum atomic E-state index is -4.83. The van der Waals surface area contributed by atoms with Crippen LogP contribution >= 0.6 is 7.82 Å². The van der Waals surface area contributed by atoms with Crippen molar-refractivity contribution in [2.45, 2.75) is 174 Å². The van der Waals surface area contributed by atoms with Gasteiger partial charge in [0, 0.05) is 12.8 Å². The summed E-state index contributed by atoms with van der Waals surface area (Å²) in [5.41, 5.74) is 0. The molecule has 55 heavy (non-hydrogen) atoms. The molecule has 0 saturated heterocycles. The molecular weight excluding hydrogens is 715 g/mol. The molecule has 0 bridgehead atoms. The van der Waals surface area contributed by atoms with Crippen LogP contribution in [-0.2, 0) is 28.2 Å². The third-order valence-electron chi connectivity index (χ3n) is 8.52. The van der Waals surface area contributed by atoms with Crippen molar-refractivity contribution in [3.63, 3.8) is 0 Å². The Kier molecular flexibility index (Phi) is 37.4. The predicted octanol–water partition coefficient (Wildman–Crippen LogP) is 11.8. The summed E-state index contributed by atoms with van der Waals surface area (Å²) < 4.78 is 26.2. The third-order valence-corrected chi connectivity index (χ3v) is 9.00. The maximum absolute atomic E-state index is 12.4. The predicted molar refractivity (Wildman–Crippen MR) is 226 cm³/mol. The number of esters is 2. The number of carbonyl (C=O) groups excluding carboxylic acids is 2. The van der Waals surface area contributed by atoms with Crippen molar-refractivity contribution in [3.8, 4) is 0 Å². The molecule has 0 aromatic rings. The lowest BCUT2D eigenvalue weighted by Gasteiger charge is -2.18. The number of phosphoric acid groups is 1. The van der Waals surface area contributed by atoms with E-state index >= 15 is 0 Å². The third kappa shape index (κ3) is 42.2. The first kappa shape index (κ1) is 52.2. The summed E-state index contributed by atoms with van der Waals surface area (Å²) in [7, 11) is -4.83. The van der Waals surface area contributed by atoms with E-state index in [4.69, 9.17) is 19.3 Å². The molecule has 0 saturated carbocycles. The number of aliphatic hydroxyl groups excluding tert-OH is 1. The van der Waals surface area contributed by atoms with Gasteiger partial charge in [-0.05, 0) is 70.6 Å². The van der Waals surface area contributed by atoms with Crippen molar-refractivity contribution in [3.05, 3.63) is 85.1 Å². The maximum atomic E-state index is 12.4. The van der Waals surface area contributed by atoms with Crippen LogP contribution in [0.15, 0.2) is 85.1 Å². The second-order valence-corrected chi connectivity index (χ2v) is 15.0. The molecule has 0 spiro atoms. The molecule has 0 aliphatic heterocycles. The number of hydrogen-bond donors (Lipinski definition) is 3. The number of aliphatic hydroxyl groups is 1. The van der Waals surface area contributed by atoms with Crippen LogP contribution in [0.5, 0.6) is 0 Å². The van der Waals surface area contributed by atoms with Crippen molar-refractivity contribution in [2.24, 2.45) is 0 Å². The van der Waals surface area contributed by atoms with Gasteiger partial charge in [-0.1, -0.05) is 163 Å². The van der Waals surface area contributed by atoms with Gasteiger partial charge in [-0.15, -0.1) is 0 Å². The first-order chi connectivity index (χ1) is 26.7. The van der Waals surface area contributed by atoms with Crippen LogP contribution in [-0.4, -0.2) is 52.3 Å². The molecule has 0 rings (SSSR count). The van der Waals surface area contributed by atoms with Crippen molar-refractivity contribution >= 4 is 19.8 Å². The van der Waals surface area contributed by atoms with Crippen LogP contribution in [0.4, 0.5) is 0 Å². The lowest BCUT2D eigenvalue weighted by Crippen LogP contribution is -2.29. The van der Waals surface area contributed by atoms with Crippen LogP contribution in [0.2, 0.25) is 0 Å². The van der Waals surface area contributed by atoms with Gasteiger partial charge in [0.2, 0.25) is 0 Å². The minimum Gasteiger partial charge on any atom is -0.462 e. The van der Waals surface area contributed by atoms with Crippen LogP contribution in [0, 0.1) is 0 Å². The van der Waals surface area contributed by atoms with Crippen molar-refractivity contribution in [1.29, 1.82) is 0 Å². The topological polar surface area (TPSA) is 140 Å². The molecule has 0 aliphatic carbocycles. The molecule has 2 atom stereocenters. The fourth-order valence-electron chi connectivity index (χ4n) is 5.36. The van der Waals surface area contributed by atoms with Gasteiger partial charge in [0.05, 0.1) is 12.7 Å². The molecule has 0 amide bonds. The number of rotatable bonds is 37. The SMILES string of the molecule is CC/C=C\C/C=C\C/C=C\C/C=C\C/C=C\C=C/C(O)CCC(=O)O[C@H](COC(=O)CCCCCCCCC/C=C\CCCCCCCC)COP(=O)(O)O. The van der Waals surface area contributed by atoms with Crippen LogP contribution < -0.4 is 0 Å². The van der Waals surface area contributed by atoms with Crippen molar-refractivity contribution < 1.29 is 43.0 Å². The smallest absolute Gasteiger partial charge is 0.462 e. The zero-order chi connectivity index (χ0) is 40.5. The summed E-state index contributed by atoms with van der Waals surface area (Å²) in [4.78, 5) is 42.9. The van der Waals surface area contributed by atoms with E-state index in [1.807, 2.05) is 12.2 Å². The summed E-state index contributed by atoms with van der Waals surface area (Å²) in [5, 5.41) is 10.2. The molecule has 0 aromatic heterocycles. The number of allylic oxidation sites excluding steroid dienone is 13. The summed E-state index contributed by atoms with van der Waals surface area (Å²) in [5.74, 6) is -1.18. The average molecular weight is 791 g/mol. The van der Waals surface area contributed by atoms with Crippen molar-refractivity contribution in [2.75, 3.05) is 13.2 Å². The molecule has 0 aliphatic rings. The van der Waals surface area contributed by atoms with Crippen LogP contribution in [0.3, 0.4) is 0 Å². The van der Waals surface area contributed by atoms with E-state index in [1.165, 1.54) is 64.2 Å². The molecule has 0 fully saturated rings. The van der Waals surface area contributed by atoms with Crippen LogP contribution in [0.25, 0.3) is 0 Å². The fourth-order valence-corrected chi connectivity index (χ4v) is 5.72. The Bertz CT molecular complexity index is 1180. The second kappa shape index (κ2) is 39.4. The van der Waals surface area contributed by atoms with Gasteiger partial charge in [0.25, 0.3) is 0 Å². The molecule has 3 N–H and O–H groups in total. The molecule has 0 aromatic carbocycles. The van der Waals surface area contributed by atoms with E-state index < -0.39 is 38.6 Å². The average Bonchev–Trinajstić information content (AvgIpc) is 3.15. The van der Waals surface area contributed by atoms with E-state index in [-0.39, 0.29) is 25.9 Å². The molecule has 0 radical (unpaired) electrons. The molecule has 1 unspecified atom stereocenters. The zero-order valence-corrected chi connectivity index (χ0v) is 35.0. The number of unbranched alkanes of at least 4 members (excludes halogenated alkanes) is 13. The standard InChI is InChI=1S/C45H75O9P/c1-3-5-7-9-11-13-15-17-19-21-23-25-27-29-31-33-35-37-44(47)52-40-43(41-53-55(49,50)51)54-45(48)39-38-42(46)36-34-32-30-28-26-24-22-20-18-16-14-12-10-8-6-4-2/h6,8,12,14,17-20,24,26,30,32,34,36,42-43,46H,3-5,7,9-11,13,15-16,21-23,25,27-29,31,33,35,37-41H2,1-2H3,(H2,49,50,51)/b8-6-,14-12-,19-17-,20-18-,26-24-,32-30-,36-34-/t42?,43-/m1/s1. The normalized spacial score (nSPS) is 13.9. The van der Waals surface area contributed by atoms with Crippen LogP contribution in [0.1, 0.15) is 162 Å². The monoisotopic (exact) mass is 791 g/mol. The molecule has 0 heterocycles. The van der Waals surface area contributed by atoms with Gasteiger partial charge in [0.15, 0.2) is 6.10 Å². The highest BCUT2D eigenvalue weighted by Gasteiger charge is 2.23. The molecular formula is C45H75O9P. The maximum Gasteiger partial charge on any atom is 0.469 e. The molecule has 9 nitrogen and oxygen atoms in total. The summed E-state index contributed by atoms with van der Waals surface area (Å²) in [6.45, 7) is 3.35. The number of ether oxygens (including phenoxy) is 2. The Morgan fingerprint density at radius 2 is 1.09 bits per heavy atom. The Morgan fingerprint density at radius 3 is 1.64 bits per heavy atom. The van der Waals surface area contributed by atoms with E-state index in [0.717, 1.165) is 57.8 Å². The lowest BCUT2D eigenvalue weighted by atomic mass is 10.1. The van der Waals surface area contributed by atoms with Crippen molar-refractivity contribution in [1.82, 2.24) is 0 Å². The van der Waals surface area contributed by atoms with E-state index in [9.17, 15) is 19.3 Å². The Balaban J connectivity index is 4.18. The molecule has 10 heteroatoms. The van der Waals surface area contributed by atoms with E-state index in [1.54, 1.807) is 12.2 Å². The summed E-state index contributed by atoms with van der Waals surface area (Å²) in [6, 6.07) is 0.